The van der Waals surface area contributed by atoms with E-state index in [0.29, 0.717) is 22.9 Å². The molecule has 2 N–H and O–H groups in total. The Kier molecular flexibility index (Phi) is 5.30. The molecule has 0 fully saturated rings. The molecule has 0 saturated heterocycles. The zero-order valence-electron chi connectivity index (χ0n) is 15.7. The molecule has 8 nitrogen and oxygen atoms in total. The molecule has 142 valence electrons. The summed E-state index contributed by atoms with van der Waals surface area (Å²) in [5.74, 6) is 0.0523. The predicted octanol–water partition coefficient (Wildman–Crippen LogP) is 4.31. The van der Waals surface area contributed by atoms with Gasteiger partial charge < -0.3 is 10.6 Å². The van der Waals surface area contributed by atoms with Crippen LogP contribution in [0.15, 0.2) is 48.5 Å². The number of hydrogen-bond donors (Lipinski definition) is 2. The first-order valence-electron chi connectivity index (χ1n) is 8.58. The molecule has 2 aromatic carbocycles. The molecule has 3 aromatic rings. The number of carbonyl (C=O) groups excluding carboxylic acids is 1. The van der Waals surface area contributed by atoms with Gasteiger partial charge >= 0.3 is 0 Å². The van der Waals surface area contributed by atoms with Crippen LogP contribution in [0.4, 0.5) is 23.0 Å². The fourth-order valence-corrected chi connectivity index (χ4v) is 2.85. The highest BCUT2D eigenvalue weighted by Crippen LogP contribution is 2.23. The van der Waals surface area contributed by atoms with Crippen LogP contribution in [-0.2, 0) is 0 Å². The van der Waals surface area contributed by atoms with Crippen molar-refractivity contribution in [3.8, 4) is 0 Å². The standard InChI is InChI=1S/C20H19N5O3/c1-12-10-13(2)22-20(21-12)24-16-7-4-6-15(11-16)23-19(26)17-8-5-9-18(14(17)3)25(27)28/h4-11H,1-3H3,(H,23,26)(H,21,22,24). The van der Waals surface area contributed by atoms with Gasteiger partial charge in [0.05, 0.1) is 4.92 Å². The lowest BCUT2D eigenvalue weighted by molar-refractivity contribution is -0.385. The minimum Gasteiger partial charge on any atom is -0.324 e. The third-order valence-corrected chi connectivity index (χ3v) is 4.11. The number of rotatable bonds is 5. The molecule has 0 aliphatic carbocycles. The molecule has 0 spiro atoms. The van der Waals surface area contributed by atoms with Gasteiger partial charge in [0.25, 0.3) is 11.6 Å². The van der Waals surface area contributed by atoms with Crippen molar-refractivity contribution >= 4 is 28.9 Å². The number of carbonyl (C=O) groups is 1. The Labute approximate surface area is 161 Å². The molecule has 8 heteroatoms. The summed E-state index contributed by atoms with van der Waals surface area (Å²) < 4.78 is 0. The second kappa shape index (κ2) is 7.83. The molecule has 0 unspecified atom stereocenters. The fraction of sp³-hybridized carbons (Fsp3) is 0.150. The summed E-state index contributed by atoms with van der Waals surface area (Å²) in [5.41, 5.74) is 3.44. The number of nitro benzene ring substituents is 1. The van der Waals surface area contributed by atoms with Crippen molar-refractivity contribution in [2.24, 2.45) is 0 Å². The van der Waals surface area contributed by atoms with Crippen LogP contribution in [0.25, 0.3) is 0 Å². The lowest BCUT2D eigenvalue weighted by Gasteiger charge is -2.10. The van der Waals surface area contributed by atoms with Gasteiger partial charge in [0.1, 0.15) is 0 Å². The molecule has 28 heavy (non-hydrogen) atoms. The van der Waals surface area contributed by atoms with Gasteiger partial charge in [0.15, 0.2) is 0 Å². The van der Waals surface area contributed by atoms with Gasteiger partial charge in [-0.3, -0.25) is 14.9 Å². The van der Waals surface area contributed by atoms with Crippen LogP contribution >= 0.6 is 0 Å². The minimum atomic E-state index is -0.500. The number of nitrogens with one attached hydrogen (secondary N) is 2. The highest BCUT2D eigenvalue weighted by atomic mass is 16.6. The monoisotopic (exact) mass is 377 g/mol. The highest BCUT2D eigenvalue weighted by molar-refractivity contribution is 6.06. The number of aryl methyl sites for hydroxylation is 2. The number of nitro groups is 1. The van der Waals surface area contributed by atoms with E-state index in [1.807, 2.05) is 26.0 Å². The topological polar surface area (TPSA) is 110 Å². The summed E-state index contributed by atoms with van der Waals surface area (Å²) in [6, 6.07) is 13.4. The molecule has 1 aromatic heterocycles. The lowest BCUT2D eigenvalue weighted by atomic mass is 10.1. The van der Waals surface area contributed by atoms with Gasteiger partial charge in [-0.2, -0.15) is 0 Å². The molecule has 0 bridgehead atoms. The summed E-state index contributed by atoms with van der Waals surface area (Å²) in [6.45, 7) is 5.33. The van der Waals surface area contributed by atoms with Crippen molar-refractivity contribution in [3.63, 3.8) is 0 Å². The predicted molar refractivity (Wildman–Crippen MR) is 107 cm³/mol. The Morgan fingerprint density at radius 2 is 1.61 bits per heavy atom. The van der Waals surface area contributed by atoms with E-state index in [9.17, 15) is 14.9 Å². The first-order valence-corrected chi connectivity index (χ1v) is 8.58. The average molecular weight is 377 g/mol. The average Bonchev–Trinajstić information content (AvgIpc) is 2.61. The van der Waals surface area contributed by atoms with E-state index in [1.165, 1.54) is 12.1 Å². The quantitative estimate of drug-likeness (QED) is 0.506. The van der Waals surface area contributed by atoms with Crippen molar-refractivity contribution in [3.05, 3.63) is 81.2 Å². The van der Waals surface area contributed by atoms with Crippen LogP contribution in [-0.4, -0.2) is 20.8 Å². The van der Waals surface area contributed by atoms with Gasteiger partial charge in [0.2, 0.25) is 5.95 Å². The second-order valence-electron chi connectivity index (χ2n) is 6.34. The van der Waals surface area contributed by atoms with E-state index in [0.717, 1.165) is 11.4 Å². The lowest BCUT2D eigenvalue weighted by Crippen LogP contribution is -2.14. The summed E-state index contributed by atoms with van der Waals surface area (Å²) in [6.07, 6.45) is 0. The van der Waals surface area contributed by atoms with Gasteiger partial charge in [-0.05, 0) is 51.1 Å². The summed E-state index contributed by atoms with van der Waals surface area (Å²) in [7, 11) is 0. The number of benzene rings is 2. The van der Waals surface area contributed by atoms with Crippen LogP contribution in [0.1, 0.15) is 27.3 Å². The number of aromatic nitrogens is 2. The highest BCUT2D eigenvalue weighted by Gasteiger charge is 2.18. The summed E-state index contributed by atoms with van der Waals surface area (Å²) in [4.78, 5) is 31.8. The van der Waals surface area contributed by atoms with Crippen LogP contribution in [0.2, 0.25) is 0 Å². The maximum Gasteiger partial charge on any atom is 0.273 e. The number of hydrogen-bond acceptors (Lipinski definition) is 6. The van der Waals surface area contributed by atoms with E-state index in [1.54, 1.807) is 31.2 Å². The van der Waals surface area contributed by atoms with Crippen molar-refractivity contribution in [2.75, 3.05) is 10.6 Å². The maximum absolute atomic E-state index is 12.6. The number of nitrogens with zero attached hydrogens (tertiary/aromatic N) is 3. The molecule has 0 atom stereocenters. The van der Waals surface area contributed by atoms with Crippen molar-refractivity contribution < 1.29 is 9.72 Å². The Balaban J connectivity index is 1.80. The van der Waals surface area contributed by atoms with Gasteiger partial charge in [0, 0.05) is 40.0 Å². The van der Waals surface area contributed by atoms with E-state index in [4.69, 9.17) is 0 Å². The van der Waals surface area contributed by atoms with Crippen LogP contribution in [0.3, 0.4) is 0 Å². The normalized spacial score (nSPS) is 10.4. The van der Waals surface area contributed by atoms with Crippen molar-refractivity contribution in [1.29, 1.82) is 0 Å². The largest absolute Gasteiger partial charge is 0.324 e. The van der Waals surface area contributed by atoms with Gasteiger partial charge in [-0.1, -0.05) is 12.1 Å². The van der Waals surface area contributed by atoms with Crippen LogP contribution < -0.4 is 10.6 Å². The fourth-order valence-electron chi connectivity index (χ4n) is 2.85. The van der Waals surface area contributed by atoms with E-state index < -0.39 is 10.8 Å². The van der Waals surface area contributed by atoms with Crippen LogP contribution in [0.5, 0.6) is 0 Å². The van der Waals surface area contributed by atoms with Gasteiger partial charge in [-0.15, -0.1) is 0 Å². The first kappa shape index (κ1) is 19.0. The van der Waals surface area contributed by atoms with E-state index >= 15 is 0 Å². The number of anilines is 3. The third-order valence-electron chi connectivity index (χ3n) is 4.11. The summed E-state index contributed by atoms with van der Waals surface area (Å²) >= 11 is 0. The molecule has 0 aliphatic heterocycles. The second-order valence-corrected chi connectivity index (χ2v) is 6.34. The van der Waals surface area contributed by atoms with Gasteiger partial charge in [-0.25, -0.2) is 9.97 Å². The molecule has 1 heterocycles. The molecule has 0 saturated carbocycles. The zero-order valence-corrected chi connectivity index (χ0v) is 15.7. The molecule has 1 amide bonds. The van der Waals surface area contributed by atoms with E-state index in [2.05, 4.69) is 20.6 Å². The molecule has 0 radical (unpaired) electrons. The summed E-state index contributed by atoms with van der Waals surface area (Å²) in [5, 5.41) is 17.0. The Morgan fingerprint density at radius 1 is 0.964 bits per heavy atom. The molecule has 3 rings (SSSR count). The zero-order chi connectivity index (χ0) is 20.3. The molecular weight excluding hydrogens is 358 g/mol. The molecule has 0 aliphatic rings. The molecular formula is C20H19N5O3. The van der Waals surface area contributed by atoms with Crippen molar-refractivity contribution in [1.82, 2.24) is 9.97 Å². The first-order chi connectivity index (χ1) is 13.3. The maximum atomic E-state index is 12.6. The minimum absolute atomic E-state index is 0.0879. The number of amides is 1. The Hall–Kier alpha value is -3.81. The van der Waals surface area contributed by atoms with E-state index in [-0.39, 0.29) is 11.3 Å². The third kappa shape index (κ3) is 4.29. The van der Waals surface area contributed by atoms with Crippen molar-refractivity contribution in [2.45, 2.75) is 20.8 Å². The van der Waals surface area contributed by atoms with Crippen LogP contribution in [0, 0.1) is 30.9 Å². The smallest absolute Gasteiger partial charge is 0.273 e. The Bertz CT molecular complexity index is 1050. The Morgan fingerprint density at radius 3 is 2.29 bits per heavy atom. The SMILES string of the molecule is Cc1cc(C)nc(Nc2cccc(NC(=O)c3cccc([N+](=O)[O-])c3C)c2)n1.